The molecule has 0 saturated carbocycles. The van der Waals surface area contributed by atoms with Crippen molar-refractivity contribution in [1.29, 1.82) is 0 Å². The molecule has 1 amide bonds. The number of carbonyl (C=O) groups is 4. The molecule has 1 aromatic carbocycles. The molecular formula is C25H34F3N3O6. The Labute approximate surface area is 213 Å². The van der Waals surface area contributed by atoms with Crippen molar-refractivity contribution >= 4 is 23.8 Å². The summed E-state index contributed by atoms with van der Waals surface area (Å²) in [5.74, 6) is -5.16. The zero-order valence-corrected chi connectivity index (χ0v) is 20.8. The van der Waals surface area contributed by atoms with Crippen molar-refractivity contribution in [3.63, 3.8) is 0 Å². The van der Waals surface area contributed by atoms with Crippen molar-refractivity contribution in [2.24, 2.45) is 5.73 Å². The molecule has 0 aromatic heterocycles. The first-order valence-corrected chi connectivity index (χ1v) is 12.4. The van der Waals surface area contributed by atoms with E-state index in [1.165, 1.54) is 0 Å². The summed E-state index contributed by atoms with van der Waals surface area (Å²) in [6, 6.07) is 6.34. The molecule has 3 atom stereocenters. The number of hydrogen-bond acceptors (Lipinski definition) is 8. The van der Waals surface area contributed by atoms with Gasteiger partial charge in [-0.25, -0.2) is 9.59 Å². The Hall–Kier alpha value is -2.99. The topological polar surface area (TPSA) is 128 Å². The standard InChI is InChI=1S/C25H34F3N3O6/c1-2-36-22(33)19(14-13-17-9-4-3-5-10-17)30-18(11-6-7-15-29)21(32)31-16-8-12-20(31)23(34)37-24(35)25(26,27)28/h3-5,9-10,18-20,30H,2,6-8,11-16,29H2,1H3/t18-,19-,20-/m0/s1. The van der Waals surface area contributed by atoms with Gasteiger partial charge in [0.2, 0.25) is 5.91 Å². The van der Waals surface area contributed by atoms with E-state index in [-0.39, 0.29) is 26.0 Å². The fourth-order valence-corrected chi connectivity index (χ4v) is 4.17. The zero-order valence-electron chi connectivity index (χ0n) is 20.8. The Morgan fingerprint density at radius 2 is 1.81 bits per heavy atom. The molecule has 1 fully saturated rings. The molecule has 12 heteroatoms. The minimum Gasteiger partial charge on any atom is -0.465 e. The van der Waals surface area contributed by atoms with Gasteiger partial charge >= 0.3 is 24.1 Å². The van der Waals surface area contributed by atoms with Crippen LogP contribution in [0, 0.1) is 0 Å². The Morgan fingerprint density at radius 1 is 1.11 bits per heavy atom. The SMILES string of the molecule is CCOC(=O)[C@H](CCc1ccccc1)N[C@@H](CCCCN)C(=O)N1CCC[C@H]1C(=O)OC(=O)C(F)(F)F. The Balaban J connectivity index is 2.19. The number of nitrogens with two attached hydrogens (primary N) is 1. The van der Waals surface area contributed by atoms with Gasteiger partial charge in [-0.2, -0.15) is 13.2 Å². The zero-order chi connectivity index (χ0) is 27.4. The fraction of sp³-hybridized carbons (Fsp3) is 0.600. The molecule has 0 unspecified atom stereocenters. The molecule has 0 aliphatic carbocycles. The predicted octanol–water partition coefficient (Wildman–Crippen LogP) is 2.26. The van der Waals surface area contributed by atoms with Crippen molar-refractivity contribution in [3.8, 4) is 0 Å². The van der Waals surface area contributed by atoms with Crippen LogP contribution in [0.5, 0.6) is 0 Å². The number of halogens is 3. The summed E-state index contributed by atoms with van der Waals surface area (Å²) < 4.78 is 46.9. The van der Waals surface area contributed by atoms with E-state index in [0.717, 1.165) is 10.5 Å². The number of benzene rings is 1. The van der Waals surface area contributed by atoms with E-state index >= 15 is 0 Å². The van der Waals surface area contributed by atoms with E-state index in [1.54, 1.807) is 6.92 Å². The predicted molar refractivity (Wildman–Crippen MR) is 127 cm³/mol. The number of alkyl halides is 3. The van der Waals surface area contributed by atoms with Crippen LogP contribution in [0.25, 0.3) is 0 Å². The second kappa shape index (κ2) is 14.7. The summed E-state index contributed by atoms with van der Waals surface area (Å²) in [5.41, 5.74) is 6.57. The molecule has 1 heterocycles. The lowest BCUT2D eigenvalue weighted by molar-refractivity contribution is -0.203. The van der Waals surface area contributed by atoms with Crippen molar-refractivity contribution in [1.82, 2.24) is 10.2 Å². The maximum Gasteiger partial charge on any atom is 0.491 e. The maximum absolute atomic E-state index is 13.5. The number of aryl methyl sites for hydroxylation is 1. The third-order valence-electron chi connectivity index (χ3n) is 6.02. The summed E-state index contributed by atoms with van der Waals surface area (Å²) >= 11 is 0. The van der Waals surface area contributed by atoms with Crippen LogP contribution in [0.4, 0.5) is 13.2 Å². The van der Waals surface area contributed by atoms with E-state index in [9.17, 15) is 32.3 Å². The second-order valence-electron chi connectivity index (χ2n) is 8.73. The van der Waals surface area contributed by atoms with Gasteiger partial charge < -0.3 is 20.1 Å². The summed E-state index contributed by atoms with van der Waals surface area (Å²) in [4.78, 5) is 50.8. The Bertz CT molecular complexity index is 913. The van der Waals surface area contributed by atoms with Crippen LogP contribution < -0.4 is 11.1 Å². The van der Waals surface area contributed by atoms with E-state index < -0.39 is 48.1 Å². The quantitative estimate of drug-likeness (QED) is 0.226. The summed E-state index contributed by atoms with van der Waals surface area (Å²) in [6.45, 7) is 2.29. The molecule has 0 radical (unpaired) electrons. The molecule has 0 spiro atoms. The van der Waals surface area contributed by atoms with Gasteiger partial charge in [0, 0.05) is 6.54 Å². The maximum atomic E-state index is 13.5. The van der Waals surface area contributed by atoms with Crippen LogP contribution in [0.2, 0.25) is 0 Å². The van der Waals surface area contributed by atoms with Gasteiger partial charge in [0.05, 0.1) is 12.6 Å². The highest BCUT2D eigenvalue weighted by Gasteiger charge is 2.46. The lowest BCUT2D eigenvalue weighted by Gasteiger charge is -2.30. The number of carbonyl (C=O) groups excluding carboxylic acids is 4. The molecule has 9 nitrogen and oxygen atoms in total. The first-order chi connectivity index (χ1) is 17.6. The summed E-state index contributed by atoms with van der Waals surface area (Å²) in [6.07, 6.45) is -2.67. The Morgan fingerprint density at radius 3 is 2.43 bits per heavy atom. The first-order valence-electron chi connectivity index (χ1n) is 12.4. The van der Waals surface area contributed by atoms with Crippen molar-refractivity contribution in [3.05, 3.63) is 35.9 Å². The van der Waals surface area contributed by atoms with Crippen molar-refractivity contribution in [2.45, 2.75) is 76.2 Å². The number of unbranched alkanes of at least 4 members (excludes halogenated alkanes) is 1. The monoisotopic (exact) mass is 529 g/mol. The van der Waals surface area contributed by atoms with Gasteiger partial charge in [0.1, 0.15) is 12.1 Å². The van der Waals surface area contributed by atoms with Crippen LogP contribution in [0.15, 0.2) is 30.3 Å². The van der Waals surface area contributed by atoms with Gasteiger partial charge in [-0.15, -0.1) is 0 Å². The minimum atomic E-state index is -5.33. The molecule has 206 valence electrons. The average molecular weight is 530 g/mol. The van der Waals surface area contributed by atoms with Crippen LogP contribution in [0.3, 0.4) is 0 Å². The molecular weight excluding hydrogens is 495 g/mol. The lowest BCUT2D eigenvalue weighted by atomic mass is 10.0. The third kappa shape index (κ3) is 9.43. The van der Waals surface area contributed by atoms with E-state index in [0.29, 0.717) is 38.6 Å². The third-order valence-corrected chi connectivity index (χ3v) is 6.02. The van der Waals surface area contributed by atoms with Gasteiger partial charge in [0.25, 0.3) is 0 Å². The van der Waals surface area contributed by atoms with Crippen molar-refractivity contribution in [2.75, 3.05) is 19.7 Å². The van der Waals surface area contributed by atoms with E-state index in [1.807, 2.05) is 30.3 Å². The molecule has 1 aromatic rings. The van der Waals surface area contributed by atoms with E-state index in [2.05, 4.69) is 10.1 Å². The number of likely N-dealkylation sites (tertiary alicyclic amines) is 1. The number of ether oxygens (including phenoxy) is 2. The lowest BCUT2D eigenvalue weighted by Crippen LogP contribution is -2.55. The molecule has 3 N–H and O–H groups in total. The van der Waals surface area contributed by atoms with Gasteiger partial charge in [-0.3, -0.25) is 14.9 Å². The molecule has 1 aliphatic heterocycles. The van der Waals surface area contributed by atoms with Gasteiger partial charge in [-0.1, -0.05) is 36.8 Å². The molecule has 0 bridgehead atoms. The highest BCUT2D eigenvalue weighted by molar-refractivity contribution is 5.94. The van der Waals surface area contributed by atoms with Gasteiger partial charge in [-0.05, 0) is 57.6 Å². The highest BCUT2D eigenvalue weighted by Crippen LogP contribution is 2.23. The highest BCUT2D eigenvalue weighted by atomic mass is 19.4. The largest absolute Gasteiger partial charge is 0.491 e. The summed E-state index contributed by atoms with van der Waals surface area (Å²) in [7, 11) is 0. The Kier molecular flexibility index (Phi) is 12.0. The number of rotatable bonds is 13. The van der Waals surface area contributed by atoms with Crippen molar-refractivity contribution < 1.29 is 41.8 Å². The van der Waals surface area contributed by atoms with Crippen LogP contribution in [-0.4, -0.2) is 72.7 Å². The average Bonchev–Trinajstić information content (AvgIpc) is 3.35. The number of hydrogen-bond donors (Lipinski definition) is 2. The number of esters is 3. The van der Waals surface area contributed by atoms with Crippen LogP contribution in [-0.2, 0) is 35.1 Å². The number of nitrogens with one attached hydrogen (secondary N) is 1. The molecule has 1 saturated heterocycles. The normalized spacial score (nSPS) is 17.2. The molecule has 2 rings (SSSR count). The number of nitrogens with zero attached hydrogens (tertiary/aromatic N) is 1. The smallest absolute Gasteiger partial charge is 0.465 e. The minimum absolute atomic E-state index is 0.0561. The summed E-state index contributed by atoms with van der Waals surface area (Å²) in [5, 5.41) is 3.06. The van der Waals surface area contributed by atoms with E-state index in [4.69, 9.17) is 10.5 Å². The second-order valence-corrected chi connectivity index (χ2v) is 8.73. The fourth-order valence-electron chi connectivity index (χ4n) is 4.17. The van der Waals surface area contributed by atoms with Crippen LogP contribution in [0.1, 0.15) is 51.0 Å². The first kappa shape index (κ1) is 30.2. The molecule has 1 aliphatic rings. The molecule has 37 heavy (non-hydrogen) atoms. The number of amides is 1. The van der Waals surface area contributed by atoms with Crippen LogP contribution >= 0.6 is 0 Å². The van der Waals surface area contributed by atoms with Gasteiger partial charge in [0.15, 0.2) is 0 Å².